The maximum atomic E-state index is 11.7. The number of aryl methyl sites for hydroxylation is 1. The number of fused-ring (bicyclic) bond motifs is 2. The highest BCUT2D eigenvalue weighted by Gasteiger charge is 2.34. The van der Waals surface area contributed by atoms with Crippen LogP contribution < -0.4 is 5.56 Å². The molecule has 2 atom stereocenters. The highest BCUT2D eigenvalue weighted by Crippen LogP contribution is 2.42. The molecule has 0 saturated carbocycles. The molecule has 8 heteroatoms. The molecule has 1 aliphatic carbocycles. The Balaban J connectivity index is 1.72. The molecule has 0 bridgehead atoms. The van der Waals surface area contributed by atoms with Gasteiger partial charge >= 0.3 is 0 Å². The van der Waals surface area contributed by atoms with Crippen molar-refractivity contribution in [2.75, 3.05) is 6.61 Å². The minimum atomic E-state index is -0.231. The topological polar surface area (TPSA) is 102 Å². The summed E-state index contributed by atoms with van der Waals surface area (Å²) in [5.41, 5.74) is 2.97. The second kappa shape index (κ2) is 4.77. The van der Waals surface area contributed by atoms with Crippen LogP contribution in [0.2, 0.25) is 0 Å². The van der Waals surface area contributed by atoms with Crippen LogP contribution in [-0.2, 0) is 13.6 Å². The van der Waals surface area contributed by atoms with Crippen LogP contribution in [0.15, 0.2) is 23.6 Å². The van der Waals surface area contributed by atoms with E-state index in [1.807, 2.05) is 22.5 Å². The van der Waals surface area contributed by atoms with Crippen LogP contribution in [0.4, 0.5) is 0 Å². The van der Waals surface area contributed by atoms with E-state index < -0.39 is 0 Å². The molecule has 3 aromatic rings. The third kappa shape index (κ3) is 1.80. The van der Waals surface area contributed by atoms with Crippen molar-refractivity contribution in [3.05, 3.63) is 40.5 Å². The molecule has 2 N–H and O–H groups in total. The van der Waals surface area contributed by atoms with Crippen molar-refractivity contribution >= 4 is 11.2 Å². The normalized spacial score (nSPS) is 20.6. The number of nitrogens with one attached hydrogen (secondary N) is 1. The summed E-state index contributed by atoms with van der Waals surface area (Å²) in [6, 6.07) is 0. The van der Waals surface area contributed by atoms with Gasteiger partial charge in [0.15, 0.2) is 11.2 Å². The first-order valence-corrected chi connectivity index (χ1v) is 7.20. The Kier molecular flexibility index (Phi) is 2.86. The summed E-state index contributed by atoms with van der Waals surface area (Å²) in [6.45, 7) is 0.785. The molecule has 4 rings (SSSR count). The highest BCUT2D eigenvalue weighted by atomic mass is 16.3. The Hall–Kier alpha value is -2.48. The maximum Gasteiger partial charge on any atom is 0.278 e. The second-order valence-electron chi connectivity index (χ2n) is 5.72. The average Bonchev–Trinajstić information content (AvgIpc) is 3.18. The van der Waals surface area contributed by atoms with Gasteiger partial charge in [-0.3, -0.25) is 9.48 Å². The number of aromatic amines is 1. The lowest BCUT2D eigenvalue weighted by atomic mass is 10.0. The Morgan fingerprint density at radius 1 is 1.41 bits per heavy atom. The van der Waals surface area contributed by atoms with Crippen LogP contribution >= 0.6 is 0 Å². The molecule has 3 heterocycles. The molecule has 0 radical (unpaired) electrons. The molecular weight excluding hydrogens is 284 g/mol. The van der Waals surface area contributed by atoms with E-state index in [1.165, 1.54) is 6.33 Å². The van der Waals surface area contributed by atoms with Gasteiger partial charge in [-0.05, 0) is 12.0 Å². The fraction of sp³-hybridized carbons (Fsp3) is 0.429. The van der Waals surface area contributed by atoms with Gasteiger partial charge in [-0.1, -0.05) is 0 Å². The Morgan fingerprint density at radius 3 is 3.09 bits per heavy atom. The van der Waals surface area contributed by atoms with E-state index in [9.17, 15) is 9.90 Å². The zero-order valence-electron chi connectivity index (χ0n) is 12.1. The van der Waals surface area contributed by atoms with Crippen molar-refractivity contribution < 1.29 is 5.11 Å². The Morgan fingerprint density at radius 2 is 2.27 bits per heavy atom. The van der Waals surface area contributed by atoms with E-state index in [2.05, 4.69) is 20.1 Å². The monoisotopic (exact) mass is 300 g/mol. The van der Waals surface area contributed by atoms with Crippen molar-refractivity contribution in [1.82, 2.24) is 29.3 Å². The third-order valence-corrected chi connectivity index (χ3v) is 4.46. The lowest BCUT2D eigenvalue weighted by Crippen LogP contribution is -2.10. The molecule has 22 heavy (non-hydrogen) atoms. The van der Waals surface area contributed by atoms with E-state index in [-0.39, 0.29) is 24.0 Å². The van der Waals surface area contributed by atoms with E-state index in [4.69, 9.17) is 0 Å². The summed E-state index contributed by atoms with van der Waals surface area (Å²) in [7, 11) is 1.90. The molecule has 1 aliphatic rings. The molecule has 0 saturated heterocycles. The summed E-state index contributed by atoms with van der Waals surface area (Å²) in [5, 5.41) is 13.9. The number of hydrogen-bond acceptors (Lipinski definition) is 5. The van der Waals surface area contributed by atoms with Crippen LogP contribution in [0.1, 0.15) is 29.5 Å². The summed E-state index contributed by atoms with van der Waals surface area (Å²) in [6.07, 6.45) is 5.77. The first kappa shape index (κ1) is 13.2. The second-order valence-corrected chi connectivity index (χ2v) is 5.72. The van der Waals surface area contributed by atoms with Gasteiger partial charge in [0.05, 0.1) is 25.5 Å². The van der Waals surface area contributed by atoms with Gasteiger partial charge in [-0.2, -0.15) is 5.10 Å². The number of rotatable bonds is 3. The minimum absolute atomic E-state index is 0.110. The minimum Gasteiger partial charge on any atom is -0.396 e. The molecule has 0 aliphatic heterocycles. The van der Waals surface area contributed by atoms with Gasteiger partial charge in [0.1, 0.15) is 0 Å². The SMILES string of the molecule is Cn1ncc2c1[C@@H](CO)C[C@H]2Cn1cnc2c(=O)[nH]cnc21. The average molecular weight is 300 g/mol. The van der Waals surface area contributed by atoms with Crippen molar-refractivity contribution in [3.63, 3.8) is 0 Å². The Bertz CT molecular complexity index is 892. The van der Waals surface area contributed by atoms with Gasteiger partial charge in [-0.15, -0.1) is 0 Å². The fourth-order valence-corrected chi connectivity index (χ4v) is 3.46. The molecule has 0 aromatic carbocycles. The van der Waals surface area contributed by atoms with Crippen molar-refractivity contribution in [1.29, 1.82) is 0 Å². The largest absolute Gasteiger partial charge is 0.396 e. The molecule has 0 amide bonds. The smallest absolute Gasteiger partial charge is 0.278 e. The van der Waals surface area contributed by atoms with Crippen LogP contribution in [-0.4, -0.2) is 41.0 Å². The van der Waals surface area contributed by atoms with E-state index in [0.29, 0.717) is 17.7 Å². The van der Waals surface area contributed by atoms with Crippen molar-refractivity contribution in [2.45, 2.75) is 24.8 Å². The van der Waals surface area contributed by atoms with Crippen molar-refractivity contribution in [2.24, 2.45) is 7.05 Å². The molecule has 114 valence electrons. The van der Waals surface area contributed by atoms with Crippen molar-refractivity contribution in [3.8, 4) is 0 Å². The molecule has 3 aromatic heterocycles. The highest BCUT2D eigenvalue weighted by molar-refractivity contribution is 5.68. The zero-order chi connectivity index (χ0) is 15.3. The lowest BCUT2D eigenvalue weighted by Gasteiger charge is -2.12. The number of aliphatic hydroxyl groups excluding tert-OH is 1. The van der Waals surface area contributed by atoms with E-state index in [1.54, 1.807) is 6.33 Å². The number of nitrogens with zero attached hydrogens (tertiary/aromatic N) is 5. The third-order valence-electron chi connectivity index (χ3n) is 4.46. The fourth-order valence-electron chi connectivity index (χ4n) is 3.46. The summed E-state index contributed by atoms with van der Waals surface area (Å²) < 4.78 is 3.73. The Labute approximate surface area is 125 Å². The van der Waals surface area contributed by atoms with Gasteiger partial charge < -0.3 is 14.7 Å². The quantitative estimate of drug-likeness (QED) is 0.715. The van der Waals surface area contributed by atoms with Gasteiger partial charge in [0.2, 0.25) is 0 Å². The predicted octanol–water partition coefficient (Wildman–Crippen LogP) is 0.116. The summed E-state index contributed by atoms with van der Waals surface area (Å²) in [5.74, 6) is 0.345. The summed E-state index contributed by atoms with van der Waals surface area (Å²) >= 11 is 0. The van der Waals surface area contributed by atoms with Gasteiger partial charge in [0.25, 0.3) is 5.56 Å². The number of H-pyrrole nitrogens is 1. The zero-order valence-corrected chi connectivity index (χ0v) is 12.1. The standard InChI is InChI=1S/C14H16N6O2/c1-19-12-9(5-21)2-8(10(12)3-18-19)4-20-7-17-11-13(20)15-6-16-14(11)22/h3,6-9,21H,2,4-5H2,1H3,(H,15,16,22)/t8-,9+/m0/s1. The van der Waals surface area contributed by atoms with Gasteiger partial charge in [0, 0.05) is 31.1 Å². The lowest BCUT2D eigenvalue weighted by molar-refractivity contribution is 0.255. The van der Waals surface area contributed by atoms with Crippen LogP contribution in [0.3, 0.4) is 0 Å². The maximum absolute atomic E-state index is 11.7. The molecule has 8 nitrogen and oxygen atoms in total. The van der Waals surface area contributed by atoms with Gasteiger partial charge in [-0.25, -0.2) is 9.97 Å². The van der Waals surface area contributed by atoms with Crippen LogP contribution in [0, 0.1) is 0 Å². The number of imidazole rings is 1. The van der Waals surface area contributed by atoms with E-state index >= 15 is 0 Å². The van der Waals surface area contributed by atoms with Crippen LogP contribution in [0.5, 0.6) is 0 Å². The number of hydrogen-bond donors (Lipinski definition) is 2. The predicted molar refractivity (Wildman–Crippen MR) is 78.5 cm³/mol. The van der Waals surface area contributed by atoms with Crippen LogP contribution in [0.25, 0.3) is 11.2 Å². The molecular formula is C14H16N6O2. The summed E-state index contributed by atoms with van der Waals surface area (Å²) in [4.78, 5) is 22.6. The first-order chi connectivity index (χ1) is 10.7. The number of aliphatic hydroxyl groups is 1. The molecule has 0 spiro atoms. The number of aromatic nitrogens is 6. The van der Waals surface area contributed by atoms with E-state index in [0.717, 1.165) is 17.7 Å². The molecule has 0 fully saturated rings. The molecule has 0 unspecified atom stereocenters. The first-order valence-electron chi connectivity index (χ1n) is 7.20.